The van der Waals surface area contributed by atoms with Gasteiger partial charge in [-0.1, -0.05) is 6.92 Å². The lowest BCUT2D eigenvalue weighted by atomic mass is 10.3. The van der Waals surface area contributed by atoms with Gasteiger partial charge in [0.1, 0.15) is 17.3 Å². The van der Waals surface area contributed by atoms with Gasteiger partial charge in [-0.05, 0) is 36.2 Å². The fourth-order valence-corrected chi connectivity index (χ4v) is 2.35. The highest BCUT2D eigenvalue weighted by Crippen LogP contribution is 2.18. The van der Waals surface area contributed by atoms with Crippen molar-refractivity contribution in [2.75, 3.05) is 5.32 Å². The number of hydrogen-bond donors (Lipinski definition) is 1. The van der Waals surface area contributed by atoms with Gasteiger partial charge in [0, 0.05) is 18.3 Å². The number of anilines is 1. The molecule has 0 aliphatic rings. The molecule has 2 aromatic heterocycles. The molecule has 106 valence electrons. The summed E-state index contributed by atoms with van der Waals surface area (Å²) in [4.78, 5) is 20.8. The Bertz CT molecular complexity index is 638. The Labute approximate surface area is 125 Å². The smallest absolute Gasteiger partial charge is 0.276 e. The Morgan fingerprint density at radius 3 is 2.80 bits per heavy atom. The van der Waals surface area contributed by atoms with Crippen LogP contribution in [0.1, 0.15) is 35.9 Å². The summed E-state index contributed by atoms with van der Waals surface area (Å²) >= 11 is 3.34. The third-order valence-electron chi connectivity index (χ3n) is 2.80. The first-order chi connectivity index (χ1) is 9.55. The predicted octanol–water partition coefficient (Wildman–Crippen LogP) is 2.58. The van der Waals surface area contributed by atoms with Gasteiger partial charge in [0.2, 0.25) is 0 Å². The molecule has 20 heavy (non-hydrogen) atoms. The minimum absolute atomic E-state index is 0.239. The van der Waals surface area contributed by atoms with Crippen molar-refractivity contribution in [2.24, 2.45) is 0 Å². The van der Waals surface area contributed by atoms with Crippen LogP contribution < -0.4 is 5.32 Å². The van der Waals surface area contributed by atoms with Gasteiger partial charge in [0.25, 0.3) is 5.91 Å². The third-order valence-corrected chi connectivity index (χ3v) is 3.38. The van der Waals surface area contributed by atoms with Crippen molar-refractivity contribution in [1.29, 1.82) is 0 Å². The third kappa shape index (κ3) is 3.04. The molecule has 0 saturated heterocycles. The van der Waals surface area contributed by atoms with Crippen LogP contribution in [0.5, 0.6) is 0 Å². The van der Waals surface area contributed by atoms with E-state index in [9.17, 15) is 4.79 Å². The number of aryl methyl sites for hydroxylation is 3. The van der Waals surface area contributed by atoms with Crippen molar-refractivity contribution in [3.63, 3.8) is 0 Å². The molecule has 0 atom stereocenters. The molecule has 0 unspecified atom stereocenters. The molecule has 0 aliphatic heterocycles. The van der Waals surface area contributed by atoms with Gasteiger partial charge in [-0.3, -0.25) is 9.48 Å². The zero-order chi connectivity index (χ0) is 14.7. The topological polar surface area (TPSA) is 72.7 Å². The number of aromatic nitrogens is 4. The molecule has 1 amide bonds. The number of amides is 1. The molecule has 0 spiro atoms. The van der Waals surface area contributed by atoms with Crippen molar-refractivity contribution in [1.82, 2.24) is 19.7 Å². The lowest BCUT2D eigenvalue weighted by Gasteiger charge is -2.08. The summed E-state index contributed by atoms with van der Waals surface area (Å²) in [7, 11) is 0. The maximum Gasteiger partial charge on any atom is 0.276 e. The van der Waals surface area contributed by atoms with Gasteiger partial charge in [-0.15, -0.1) is 0 Å². The summed E-state index contributed by atoms with van der Waals surface area (Å²) in [5, 5.41) is 6.92. The molecule has 1 N–H and O–H groups in total. The van der Waals surface area contributed by atoms with Crippen molar-refractivity contribution < 1.29 is 4.79 Å². The van der Waals surface area contributed by atoms with Gasteiger partial charge in [-0.25, -0.2) is 9.97 Å². The second-order valence-corrected chi connectivity index (χ2v) is 5.11. The molecule has 0 radical (unpaired) electrons. The Morgan fingerprint density at radius 2 is 2.15 bits per heavy atom. The van der Waals surface area contributed by atoms with Crippen LogP contribution in [0.4, 0.5) is 5.82 Å². The number of nitrogens with zero attached hydrogens (tertiary/aromatic N) is 4. The van der Waals surface area contributed by atoms with Crippen molar-refractivity contribution in [2.45, 2.75) is 33.7 Å². The first-order valence-electron chi connectivity index (χ1n) is 6.42. The van der Waals surface area contributed by atoms with Crippen LogP contribution in [0.2, 0.25) is 0 Å². The summed E-state index contributed by atoms with van der Waals surface area (Å²) in [5.74, 6) is 0.911. The molecular weight excluding hydrogens is 322 g/mol. The molecular formula is C13H16BrN5O. The molecule has 0 bridgehead atoms. The standard InChI is InChI=1S/C13H16BrN5O/c1-4-9-6-11(17-8(3)16-9)18-13(20)12-10(14)7-15-19(12)5-2/h6-7H,4-5H2,1-3H3,(H,16,17,18,20). The second-order valence-electron chi connectivity index (χ2n) is 4.26. The fourth-order valence-electron chi connectivity index (χ4n) is 1.88. The van der Waals surface area contributed by atoms with Gasteiger partial charge in [-0.2, -0.15) is 5.10 Å². The number of carbonyl (C=O) groups excluding carboxylic acids is 1. The average molecular weight is 338 g/mol. The van der Waals surface area contributed by atoms with E-state index in [1.54, 1.807) is 23.9 Å². The maximum atomic E-state index is 12.3. The number of halogens is 1. The van der Waals surface area contributed by atoms with Gasteiger partial charge >= 0.3 is 0 Å². The molecule has 6 nitrogen and oxygen atoms in total. The first kappa shape index (κ1) is 14.6. The summed E-state index contributed by atoms with van der Waals surface area (Å²) < 4.78 is 2.30. The largest absolute Gasteiger partial charge is 0.305 e. The lowest BCUT2D eigenvalue weighted by molar-refractivity contribution is 0.101. The second kappa shape index (κ2) is 6.13. The van der Waals surface area contributed by atoms with Crippen LogP contribution in [0, 0.1) is 6.92 Å². The molecule has 0 aliphatic carbocycles. The van der Waals surface area contributed by atoms with Crippen LogP contribution in [0.25, 0.3) is 0 Å². The quantitative estimate of drug-likeness (QED) is 0.930. The molecule has 0 saturated carbocycles. The number of nitrogens with one attached hydrogen (secondary N) is 1. The van der Waals surface area contributed by atoms with Gasteiger partial charge in [0.15, 0.2) is 0 Å². The summed E-state index contributed by atoms with van der Waals surface area (Å²) in [6, 6.07) is 1.78. The molecule has 2 rings (SSSR count). The van der Waals surface area contributed by atoms with Crippen LogP contribution >= 0.6 is 15.9 Å². The minimum atomic E-state index is -0.239. The predicted molar refractivity (Wildman–Crippen MR) is 79.7 cm³/mol. The van der Waals surface area contributed by atoms with Crippen molar-refractivity contribution in [3.05, 3.63) is 33.9 Å². The molecule has 2 aromatic rings. The monoisotopic (exact) mass is 337 g/mol. The lowest BCUT2D eigenvalue weighted by Crippen LogP contribution is -2.19. The highest BCUT2D eigenvalue weighted by Gasteiger charge is 2.17. The van der Waals surface area contributed by atoms with E-state index in [0.29, 0.717) is 28.4 Å². The van der Waals surface area contributed by atoms with Crippen molar-refractivity contribution >= 4 is 27.7 Å². The summed E-state index contributed by atoms with van der Waals surface area (Å²) in [6.45, 7) is 6.37. The van der Waals surface area contributed by atoms with Crippen LogP contribution in [-0.2, 0) is 13.0 Å². The minimum Gasteiger partial charge on any atom is -0.305 e. The average Bonchev–Trinajstić information content (AvgIpc) is 2.79. The highest BCUT2D eigenvalue weighted by atomic mass is 79.9. The summed E-state index contributed by atoms with van der Waals surface area (Å²) in [5.41, 5.74) is 1.39. The van der Waals surface area contributed by atoms with Crippen LogP contribution in [0.3, 0.4) is 0 Å². The van der Waals surface area contributed by atoms with E-state index in [2.05, 4.69) is 36.3 Å². The number of hydrogen-bond acceptors (Lipinski definition) is 4. The van der Waals surface area contributed by atoms with E-state index >= 15 is 0 Å². The van der Waals surface area contributed by atoms with E-state index in [-0.39, 0.29) is 5.91 Å². The number of carbonyl (C=O) groups is 1. The van der Waals surface area contributed by atoms with Crippen LogP contribution in [-0.4, -0.2) is 25.7 Å². The normalized spacial score (nSPS) is 10.6. The van der Waals surface area contributed by atoms with Gasteiger partial charge in [0.05, 0.1) is 10.7 Å². The SMILES string of the molecule is CCc1cc(NC(=O)c2c(Br)cnn2CC)nc(C)n1. The maximum absolute atomic E-state index is 12.3. The zero-order valence-corrected chi connectivity index (χ0v) is 13.2. The van der Waals surface area contributed by atoms with Crippen LogP contribution in [0.15, 0.2) is 16.7 Å². The Kier molecular flexibility index (Phi) is 4.49. The van der Waals surface area contributed by atoms with Gasteiger partial charge < -0.3 is 5.32 Å². The van der Waals surface area contributed by atoms with Crippen molar-refractivity contribution in [3.8, 4) is 0 Å². The fraction of sp³-hybridized carbons (Fsp3) is 0.385. The molecule has 0 aromatic carbocycles. The summed E-state index contributed by atoms with van der Waals surface area (Å²) in [6.07, 6.45) is 2.41. The zero-order valence-electron chi connectivity index (χ0n) is 11.6. The Balaban J connectivity index is 2.27. The van der Waals surface area contributed by atoms with E-state index in [4.69, 9.17) is 0 Å². The highest BCUT2D eigenvalue weighted by molar-refractivity contribution is 9.10. The van der Waals surface area contributed by atoms with E-state index in [1.807, 2.05) is 13.8 Å². The Morgan fingerprint density at radius 1 is 1.40 bits per heavy atom. The first-order valence-corrected chi connectivity index (χ1v) is 7.21. The number of rotatable bonds is 4. The molecule has 2 heterocycles. The van der Waals surface area contributed by atoms with E-state index in [0.717, 1.165) is 12.1 Å². The molecule has 0 fully saturated rings. The molecule has 7 heteroatoms. The van der Waals surface area contributed by atoms with E-state index in [1.165, 1.54) is 0 Å². The Hall–Kier alpha value is -1.76. The van der Waals surface area contributed by atoms with E-state index < -0.39 is 0 Å².